The molecule has 0 N–H and O–H groups in total. The van der Waals surface area contributed by atoms with Crippen molar-refractivity contribution in [3.05, 3.63) is 53.6 Å². The fourth-order valence-electron chi connectivity index (χ4n) is 1.59. The summed E-state index contributed by atoms with van der Waals surface area (Å²) >= 11 is -0.368. The molecule has 1 atom stereocenters. The van der Waals surface area contributed by atoms with Gasteiger partial charge in [0.25, 0.3) is 0 Å². The summed E-state index contributed by atoms with van der Waals surface area (Å²) < 4.78 is 0. The van der Waals surface area contributed by atoms with E-state index < -0.39 is 8.24 Å². The molecule has 7 heteroatoms. The SMILES string of the molecule is CN(C)CC[N-]C([N-][Si](C)(C)C)c1ccccc1.[CH3-].[Cl][V][Cl]. The van der Waals surface area contributed by atoms with E-state index in [-0.39, 0.29) is 28.0 Å². The van der Waals surface area contributed by atoms with Gasteiger partial charge in [0, 0.05) is 0 Å². The average molecular weight is 400 g/mol. The molecule has 0 radical (unpaired) electrons. The van der Waals surface area contributed by atoms with Crippen molar-refractivity contribution in [3.8, 4) is 0 Å². The second-order valence-electron chi connectivity index (χ2n) is 5.86. The summed E-state index contributed by atoms with van der Waals surface area (Å²) in [6.45, 7) is 8.57. The number of halogens is 2. The Hall–Kier alpha value is 0.481. The van der Waals surface area contributed by atoms with E-state index in [0.717, 1.165) is 13.1 Å². The molecule has 1 aromatic rings. The first-order valence-electron chi connectivity index (χ1n) is 6.80. The minimum absolute atomic E-state index is 0. The van der Waals surface area contributed by atoms with Gasteiger partial charge < -0.3 is 22.6 Å². The normalized spacial score (nSPS) is 12.0. The van der Waals surface area contributed by atoms with Crippen molar-refractivity contribution in [1.82, 2.24) is 4.90 Å². The van der Waals surface area contributed by atoms with Crippen LogP contribution in [0.1, 0.15) is 11.7 Å². The number of rotatable bonds is 7. The van der Waals surface area contributed by atoms with Crippen molar-refractivity contribution >= 4 is 27.9 Å². The molecule has 0 aliphatic rings. The molecular weight excluding hydrogens is 372 g/mol. The summed E-state index contributed by atoms with van der Waals surface area (Å²) in [5.41, 5.74) is 1.21. The van der Waals surface area contributed by atoms with E-state index in [0.29, 0.717) is 0 Å². The van der Waals surface area contributed by atoms with Gasteiger partial charge in [0.05, 0.1) is 0 Å². The van der Waals surface area contributed by atoms with Crippen LogP contribution in [0.2, 0.25) is 19.6 Å². The molecule has 0 spiro atoms. The monoisotopic (exact) mass is 399 g/mol. The van der Waals surface area contributed by atoms with Crippen LogP contribution in [0, 0.1) is 7.43 Å². The van der Waals surface area contributed by atoms with Crippen LogP contribution in [0.4, 0.5) is 0 Å². The molecule has 1 aromatic carbocycles. The molecule has 129 valence electrons. The molecule has 0 amide bonds. The average Bonchev–Trinajstić information content (AvgIpc) is 2.38. The standard InChI is InChI=1S/C14H25N3Si.CH3.2ClH.V/c1-17(2)12-11-15-14(16-18(3,4)5)13-9-7-6-8-10-13;;;;/h6-10,14H,11-12H2,1-5H3;1H3;2*1H;/q-2;-1;;;+2/p-2. The second kappa shape index (κ2) is 13.9. The van der Waals surface area contributed by atoms with Crippen LogP contribution in [-0.2, 0) is 14.4 Å². The van der Waals surface area contributed by atoms with Crippen molar-refractivity contribution < 1.29 is 14.4 Å². The molecule has 1 rings (SSSR count). The van der Waals surface area contributed by atoms with Gasteiger partial charge in [0.15, 0.2) is 0 Å². The Morgan fingerprint density at radius 1 is 1.14 bits per heavy atom. The van der Waals surface area contributed by atoms with Gasteiger partial charge in [0.2, 0.25) is 0 Å². The Morgan fingerprint density at radius 3 is 2.05 bits per heavy atom. The number of hydrogen-bond acceptors (Lipinski definition) is 1. The van der Waals surface area contributed by atoms with Crippen molar-refractivity contribution in [2.75, 3.05) is 27.2 Å². The summed E-state index contributed by atoms with van der Waals surface area (Å²) in [5, 5.41) is 4.75. The third-order valence-electron chi connectivity index (χ3n) is 2.46. The third kappa shape index (κ3) is 14.1. The number of benzene rings is 1. The van der Waals surface area contributed by atoms with Crippen LogP contribution in [0.3, 0.4) is 0 Å². The van der Waals surface area contributed by atoms with Crippen LogP contribution >= 0.6 is 19.7 Å². The van der Waals surface area contributed by atoms with E-state index in [9.17, 15) is 0 Å². The van der Waals surface area contributed by atoms with Gasteiger partial charge in [-0.05, 0) is 20.6 Å². The van der Waals surface area contributed by atoms with E-state index in [1.807, 2.05) is 6.07 Å². The van der Waals surface area contributed by atoms with E-state index >= 15 is 0 Å². The number of likely N-dealkylation sites (N-methyl/N-ethyl adjacent to an activating group) is 1. The molecule has 0 fully saturated rings. The maximum atomic E-state index is 4.93. The first-order valence-corrected chi connectivity index (χ1v) is 14.1. The maximum absolute atomic E-state index is 4.93. The molecule has 22 heavy (non-hydrogen) atoms. The Labute approximate surface area is 153 Å². The zero-order chi connectivity index (χ0) is 16.3. The Kier molecular flexibility index (Phi) is 15.6. The van der Waals surface area contributed by atoms with Gasteiger partial charge in [-0.25, -0.2) is 6.17 Å². The summed E-state index contributed by atoms with van der Waals surface area (Å²) in [5.74, 6) is 0. The zero-order valence-corrected chi connectivity index (χ0v) is 18.3. The molecule has 0 aromatic heterocycles. The van der Waals surface area contributed by atoms with Crippen LogP contribution in [0.25, 0.3) is 10.3 Å². The van der Waals surface area contributed by atoms with Crippen LogP contribution in [0.5, 0.6) is 0 Å². The van der Waals surface area contributed by atoms with Gasteiger partial charge in [-0.15, -0.1) is 6.54 Å². The summed E-state index contributed by atoms with van der Waals surface area (Å²) in [6.07, 6.45) is 0.0119. The van der Waals surface area contributed by atoms with E-state index in [2.05, 4.69) is 62.9 Å². The molecule has 0 saturated heterocycles. The molecule has 3 nitrogen and oxygen atoms in total. The van der Waals surface area contributed by atoms with Crippen molar-refractivity contribution in [2.24, 2.45) is 0 Å². The van der Waals surface area contributed by atoms with E-state index in [1.165, 1.54) is 5.56 Å². The van der Waals surface area contributed by atoms with Gasteiger partial charge in [-0.1, -0.05) is 63.8 Å². The molecule has 0 aliphatic carbocycles. The van der Waals surface area contributed by atoms with Crippen molar-refractivity contribution in [1.29, 1.82) is 0 Å². The molecule has 0 aliphatic heterocycles. The van der Waals surface area contributed by atoms with Gasteiger partial charge in [-0.2, -0.15) is 0 Å². The molecule has 0 bridgehead atoms. The summed E-state index contributed by atoms with van der Waals surface area (Å²) in [4.78, 5) is 7.08. The molecule has 0 saturated carbocycles. The molecular formula is C15H28Cl2N3SiV-3. The number of nitrogens with zero attached hydrogens (tertiary/aromatic N) is 3. The van der Waals surface area contributed by atoms with Gasteiger partial charge >= 0.3 is 34.1 Å². The fraction of sp³-hybridized carbons (Fsp3) is 0.533. The van der Waals surface area contributed by atoms with Gasteiger partial charge in [0.1, 0.15) is 0 Å². The van der Waals surface area contributed by atoms with Crippen LogP contribution in [-0.4, -0.2) is 40.3 Å². The summed E-state index contributed by atoms with van der Waals surface area (Å²) in [7, 11) is 12.4. The van der Waals surface area contributed by atoms with Crippen LogP contribution in [0.15, 0.2) is 30.3 Å². The van der Waals surface area contributed by atoms with Gasteiger partial charge in [-0.3, -0.25) is 0 Å². The second-order valence-corrected chi connectivity index (χ2v) is 12.8. The summed E-state index contributed by atoms with van der Waals surface area (Å²) in [6, 6.07) is 10.4. The quantitative estimate of drug-likeness (QED) is 0.430. The number of hydrogen-bond donors (Lipinski definition) is 0. The predicted octanol–water partition coefficient (Wildman–Crippen LogP) is 5.66. The van der Waals surface area contributed by atoms with Crippen LogP contribution < -0.4 is 0 Å². The molecule has 0 heterocycles. The predicted molar refractivity (Wildman–Crippen MR) is 101 cm³/mol. The fourth-order valence-corrected chi connectivity index (χ4v) is 2.56. The zero-order valence-electron chi connectivity index (χ0n) is 14.4. The first-order chi connectivity index (χ1) is 9.80. The van der Waals surface area contributed by atoms with E-state index in [1.54, 1.807) is 0 Å². The Balaban J connectivity index is 0. The third-order valence-corrected chi connectivity index (χ3v) is 3.48. The molecule has 1 unspecified atom stereocenters. The van der Waals surface area contributed by atoms with Crippen molar-refractivity contribution in [3.63, 3.8) is 0 Å². The Morgan fingerprint density at radius 2 is 1.64 bits per heavy atom. The first kappa shape index (κ1) is 24.7. The minimum atomic E-state index is -1.46. The topological polar surface area (TPSA) is 31.4 Å². The van der Waals surface area contributed by atoms with E-state index in [4.69, 9.17) is 30.0 Å². The van der Waals surface area contributed by atoms with Crippen molar-refractivity contribution in [2.45, 2.75) is 25.8 Å². The Bertz CT molecular complexity index is 362.